The van der Waals surface area contributed by atoms with E-state index in [0.717, 1.165) is 16.8 Å². The minimum atomic E-state index is -0.186. The fourth-order valence-corrected chi connectivity index (χ4v) is 3.41. The van der Waals surface area contributed by atoms with Crippen LogP contribution in [-0.2, 0) is 6.42 Å². The molecule has 3 rings (SSSR count). The van der Waals surface area contributed by atoms with Gasteiger partial charge in [0.2, 0.25) is 0 Å². The Bertz CT molecular complexity index is 956. The molecule has 0 atom stereocenters. The largest absolute Gasteiger partial charge is 0.493 e. The van der Waals surface area contributed by atoms with Crippen molar-refractivity contribution in [1.29, 1.82) is 0 Å². The molecule has 1 amide bonds. The quantitative estimate of drug-likeness (QED) is 0.596. The zero-order valence-electron chi connectivity index (χ0n) is 16.1. The van der Waals surface area contributed by atoms with Gasteiger partial charge in [0.25, 0.3) is 5.91 Å². The number of para-hydroxylation sites is 1. The maximum absolute atomic E-state index is 12.4. The van der Waals surface area contributed by atoms with E-state index in [1.54, 1.807) is 19.6 Å². The zero-order chi connectivity index (χ0) is 19.9. The van der Waals surface area contributed by atoms with Gasteiger partial charge in [0.1, 0.15) is 5.69 Å². The third-order valence-electron chi connectivity index (χ3n) is 4.27. The lowest BCUT2D eigenvalue weighted by Gasteiger charge is -2.10. The van der Waals surface area contributed by atoms with Gasteiger partial charge >= 0.3 is 0 Å². The summed E-state index contributed by atoms with van der Waals surface area (Å²) in [6.07, 6.45) is 0.685. The van der Waals surface area contributed by atoms with Gasteiger partial charge in [-0.05, 0) is 42.7 Å². The first-order chi connectivity index (χ1) is 13.6. The second kappa shape index (κ2) is 9.23. The van der Waals surface area contributed by atoms with E-state index in [4.69, 9.17) is 9.47 Å². The molecule has 146 valence electrons. The summed E-state index contributed by atoms with van der Waals surface area (Å²) >= 11 is 1.41. The normalized spacial score (nSPS) is 10.4. The number of aromatic nitrogens is 1. The topological polar surface area (TPSA) is 72.5 Å². The highest BCUT2D eigenvalue weighted by Gasteiger charge is 2.11. The lowest BCUT2D eigenvalue weighted by atomic mass is 10.1. The first-order valence-corrected chi connectivity index (χ1v) is 9.76. The van der Waals surface area contributed by atoms with E-state index in [2.05, 4.69) is 15.6 Å². The third kappa shape index (κ3) is 4.80. The number of amides is 1. The van der Waals surface area contributed by atoms with Crippen molar-refractivity contribution in [2.45, 2.75) is 13.3 Å². The maximum atomic E-state index is 12.4. The Kier molecular flexibility index (Phi) is 6.49. The molecule has 0 fully saturated rings. The Morgan fingerprint density at radius 3 is 2.64 bits per heavy atom. The maximum Gasteiger partial charge on any atom is 0.270 e. The molecule has 2 aromatic carbocycles. The molecule has 2 N–H and O–H groups in total. The van der Waals surface area contributed by atoms with Gasteiger partial charge in [-0.1, -0.05) is 24.3 Å². The van der Waals surface area contributed by atoms with Crippen LogP contribution >= 0.6 is 11.3 Å². The summed E-state index contributed by atoms with van der Waals surface area (Å²) in [5.74, 6) is 1.18. The van der Waals surface area contributed by atoms with Crippen LogP contribution in [-0.4, -0.2) is 31.7 Å². The highest BCUT2D eigenvalue weighted by molar-refractivity contribution is 7.14. The van der Waals surface area contributed by atoms with E-state index >= 15 is 0 Å². The minimum Gasteiger partial charge on any atom is -0.493 e. The van der Waals surface area contributed by atoms with Crippen LogP contribution < -0.4 is 20.1 Å². The molecule has 1 aromatic heterocycles. The first-order valence-electron chi connectivity index (χ1n) is 8.88. The van der Waals surface area contributed by atoms with E-state index in [9.17, 15) is 4.79 Å². The second-order valence-electron chi connectivity index (χ2n) is 6.17. The van der Waals surface area contributed by atoms with Gasteiger partial charge in [0.15, 0.2) is 16.6 Å². The van der Waals surface area contributed by atoms with Crippen molar-refractivity contribution >= 4 is 28.1 Å². The number of carbonyl (C=O) groups is 1. The number of methoxy groups -OCH3 is 2. The molecule has 0 unspecified atom stereocenters. The SMILES string of the molecule is COc1ccc(CCNC(=O)c2csc(Nc3ccccc3C)n2)cc1OC. The van der Waals surface area contributed by atoms with Crippen LogP contribution in [0.15, 0.2) is 47.8 Å². The predicted molar refractivity (Wildman–Crippen MR) is 112 cm³/mol. The second-order valence-corrected chi connectivity index (χ2v) is 7.03. The van der Waals surface area contributed by atoms with E-state index in [1.807, 2.05) is 49.4 Å². The molecule has 0 aliphatic rings. The summed E-state index contributed by atoms with van der Waals surface area (Å²) < 4.78 is 10.5. The average molecular weight is 398 g/mol. The highest BCUT2D eigenvalue weighted by atomic mass is 32.1. The van der Waals surface area contributed by atoms with Crippen LogP contribution in [0.5, 0.6) is 11.5 Å². The van der Waals surface area contributed by atoms with Crippen molar-refractivity contribution in [2.75, 3.05) is 26.1 Å². The number of thiazole rings is 1. The molecule has 0 aliphatic heterocycles. The van der Waals surface area contributed by atoms with Crippen molar-refractivity contribution in [3.05, 3.63) is 64.7 Å². The van der Waals surface area contributed by atoms with Gasteiger partial charge in [-0.3, -0.25) is 4.79 Å². The number of rotatable bonds is 8. The number of ether oxygens (including phenoxy) is 2. The van der Waals surface area contributed by atoms with Gasteiger partial charge in [0.05, 0.1) is 14.2 Å². The molecular weight excluding hydrogens is 374 g/mol. The van der Waals surface area contributed by atoms with Gasteiger partial charge in [-0.2, -0.15) is 0 Å². The minimum absolute atomic E-state index is 0.186. The molecule has 6 nitrogen and oxygen atoms in total. The summed E-state index contributed by atoms with van der Waals surface area (Å²) in [6, 6.07) is 13.7. The summed E-state index contributed by atoms with van der Waals surface area (Å²) in [6.45, 7) is 2.53. The smallest absolute Gasteiger partial charge is 0.270 e. The molecule has 7 heteroatoms. The third-order valence-corrected chi connectivity index (χ3v) is 5.03. The summed E-state index contributed by atoms with van der Waals surface area (Å²) in [5.41, 5.74) is 3.57. The van der Waals surface area contributed by atoms with Gasteiger partial charge in [-0.15, -0.1) is 11.3 Å². The van der Waals surface area contributed by atoms with Crippen LogP contribution in [0.1, 0.15) is 21.6 Å². The molecule has 0 radical (unpaired) electrons. The Hall–Kier alpha value is -3.06. The van der Waals surface area contributed by atoms with Crippen LogP contribution in [0.4, 0.5) is 10.8 Å². The van der Waals surface area contributed by atoms with Crippen LogP contribution in [0.2, 0.25) is 0 Å². The fraction of sp³-hybridized carbons (Fsp3) is 0.238. The number of carbonyl (C=O) groups excluding carboxylic acids is 1. The highest BCUT2D eigenvalue weighted by Crippen LogP contribution is 2.27. The monoisotopic (exact) mass is 397 g/mol. The van der Waals surface area contributed by atoms with E-state index in [0.29, 0.717) is 35.3 Å². The molecule has 3 aromatic rings. The number of nitrogens with zero attached hydrogens (tertiary/aromatic N) is 1. The fourth-order valence-electron chi connectivity index (χ4n) is 2.71. The molecule has 0 saturated heterocycles. The van der Waals surface area contributed by atoms with Crippen molar-refractivity contribution in [2.24, 2.45) is 0 Å². The average Bonchev–Trinajstić information content (AvgIpc) is 3.18. The van der Waals surface area contributed by atoms with E-state index in [1.165, 1.54) is 11.3 Å². The zero-order valence-corrected chi connectivity index (χ0v) is 16.9. The first kappa shape index (κ1) is 19.7. The molecular formula is C21H23N3O3S. The number of hydrogen-bond acceptors (Lipinski definition) is 6. The lowest BCUT2D eigenvalue weighted by Crippen LogP contribution is -2.26. The van der Waals surface area contributed by atoms with Crippen LogP contribution in [0, 0.1) is 6.92 Å². The van der Waals surface area contributed by atoms with Gasteiger partial charge < -0.3 is 20.1 Å². The molecule has 0 aliphatic carbocycles. The summed E-state index contributed by atoms with van der Waals surface area (Å²) in [4.78, 5) is 16.7. The molecule has 0 saturated carbocycles. The molecule has 28 heavy (non-hydrogen) atoms. The van der Waals surface area contributed by atoms with Crippen LogP contribution in [0.25, 0.3) is 0 Å². The Balaban J connectivity index is 1.54. The predicted octanol–water partition coefficient (Wildman–Crippen LogP) is 4.18. The summed E-state index contributed by atoms with van der Waals surface area (Å²) in [5, 5.41) is 8.61. The molecule has 0 bridgehead atoms. The number of anilines is 2. The Morgan fingerprint density at radius 2 is 1.89 bits per heavy atom. The standard InChI is InChI=1S/C21H23N3O3S/c1-14-6-4-5-7-16(14)23-21-24-17(13-28-21)20(25)22-11-10-15-8-9-18(26-2)19(12-15)27-3/h4-9,12-13H,10-11H2,1-3H3,(H,22,25)(H,23,24). The number of aryl methyl sites for hydroxylation is 1. The summed E-state index contributed by atoms with van der Waals surface area (Å²) in [7, 11) is 3.21. The lowest BCUT2D eigenvalue weighted by molar-refractivity contribution is 0.0950. The van der Waals surface area contributed by atoms with Crippen molar-refractivity contribution < 1.29 is 14.3 Å². The van der Waals surface area contributed by atoms with Crippen LogP contribution in [0.3, 0.4) is 0 Å². The number of nitrogens with one attached hydrogen (secondary N) is 2. The molecule has 1 heterocycles. The Labute approximate surface area is 168 Å². The van der Waals surface area contributed by atoms with Crippen molar-refractivity contribution in [3.8, 4) is 11.5 Å². The number of benzene rings is 2. The number of hydrogen-bond donors (Lipinski definition) is 2. The van der Waals surface area contributed by atoms with Crippen molar-refractivity contribution in [1.82, 2.24) is 10.3 Å². The van der Waals surface area contributed by atoms with Gasteiger partial charge in [-0.25, -0.2) is 4.98 Å². The van der Waals surface area contributed by atoms with E-state index < -0.39 is 0 Å². The van der Waals surface area contributed by atoms with Gasteiger partial charge in [0, 0.05) is 17.6 Å². The van der Waals surface area contributed by atoms with E-state index in [-0.39, 0.29) is 5.91 Å². The molecule has 0 spiro atoms. The van der Waals surface area contributed by atoms with Crippen molar-refractivity contribution in [3.63, 3.8) is 0 Å². The Morgan fingerprint density at radius 1 is 1.11 bits per heavy atom.